The third kappa shape index (κ3) is 1.88. The summed E-state index contributed by atoms with van der Waals surface area (Å²) in [6.45, 7) is 0. The smallest absolute Gasteiger partial charge is 0.356 e. The number of aromatic amines is 1. The van der Waals surface area contributed by atoms with Crippen LogP contribution in [0.2, 0.25) is 0 Å². The fourth-order valence-electron chi connectivity index (χ4n) is 1.28. The van der Waals surface area contributed by atoms with Crippen LogP contribution < -0.4 is 0 Å². The summed E-state index contributed by atoms with van der Waals surface area (Å²) in [5.41, 5.74) is 0.443. The van der Waals surface area contributed by atoms with Crippen LogP contribution in [0.5, 0.6) is 0 Å². The molecule has 4 heteroatoms. The van der Waals surface area contributed by atoms with Gasteiger partial charge in [0.1, 0.15) is 11.5 Å². The van der Waals surface area contributed by atoms with Crippen LogP contribution in [-0.2, 0) is 11.2 Å². The molecule has 2 rings (SSSR count). The molecule has 0 aromatic carbocycles. The average molecular weight is 180 g/mol. The molecule has 0 atom stereocenters. The summed E-state index contributed by atoms with van der Waals surface area (Å²) in [6.07, 6.45) is 5.06. The molecule has 0 saturated heterocycles. The summed E-state index contributed by atoms with van der Waals surface area (Å²) in [5.74, 6) is 1.31. The topological polar surface area (TPSA) is 55.0 Å². The van der Waals surface area contributed by atoms with E-state index in [9.17, 15) is 4.79 Å². The maximum Gasteiger partial charge on any atom is 0.356 e. The van der Waals surface area contributed by atoms with Crippen molar-refractivity contribution in [2.45, 2.75) is 19.3 Å². The van der Waals surface area contributed by atoms with E-state index in [-0.39, 0.29) is 5.97 Å². The molecule has 1 aliphatic carbocycles. The molecule has 1 fully saturated rings. The molecule has 0 amide bonds. The number of nitrogens with one attached hydrogen (secondary N) is 1. The van der Waals surface area contributed by atoms with Gasteiger partial charge in [-0.3, -0.25) is 0 Å². The number of hydrogen-bond donors (Lipinski definition) is 1. The number of esters is 1. The average Bonchev–Trinajstić information content (AvgIpc) is 2.81. The van der Waals surface area contributed by atoms with E-state index in [2.05, 4.69) is 14.7 Å². The largest absolute Gasteiger partial charge is 0.464 e. The van der Waals surface area contributed by atoms with Crippen molar-refractivity contribution in [2.24, 2.45) is 5.92 Å². The highest BCUT2D eigenvalue weighted by molar-refractivity contribution is 5.86. The zero-order valence-electron chi connectivity index (χ0n) is 7.54. The number of H-pyrrole nitrogens is 1. The first-order valence-corrected chi connectivity index (χ1v) is 4.42. The Hall–Kier alpha value is -1.32. The lowest BCUT2D eigenvalue weighted by molar-refractivity contribution is 0.0594. The molecule has 0 spiro atoms. The van der Waals surface area contributed by atoms with Crippen LogP contribution in [-0.4, -0.2) is 23.0 Å². The van der Waals surface area contributed by atoms with Crippen molar-refractivity contribution in [1.29, 1.82) is 0 Å². The predicted molar refractivity (Wildman–Crippen MR) is 46.4 cm³/mol. The Morgan fingerprint density at radius 2 is 2.54 bits per heavy atom. The molecular formula is C9H12N2O2. The van der Waals surface area contributed by atoms with Crippen molar-refractivity contribution in [3.05, 3.63) is 17.7 Å². The maximum absolute atomic E-state index is 11.0. The van der Waals surface area contributed by atoms with Crippen molar-refractivity contribution in [1.82, 2.24) is 9.97 Å². The Labute approximate surface area is 76.3 Å². The first-order valence-electron chi connectivity index (χ1n) is 4.42. The number of aromatic nitrogens is 2. The fourth-order valence-corrected chi connectivity index (χ4v) is 1.28. The number of methoxy groups -OCH3 is 1. The van der Waals surface area contributed by atoms with Gasteiger partial charge in [-0.1, -0.05) is 0 Å². The summed E-state index contributed by atoms with van der Waals surface area (Å²) in [7, 11) is 1.36. The van der Waals surface area contributed by atoms with Crippen molar-refractivity contribution in [3.63, 3.8) is 0 Å². The maximum atomic E-state index is 11.0. The van der Waals surface area contributed by atoms with Crippen LogP contribution in [0, 0.1) is 5.92 Å². The van der Waals surface area contributed by atoms with E-state index in [4.69, 9.17) is 0 Å². The molecule has 0 unspecified atom stereocenters. The van der Waals surface area contributed by atoms with Crippen molar-refractivity contribution < 1.29 is 9.53 Å². The molecule has 1 aromatic rings. The normalized spacial score (nSPS) is 15.8. The second-order valence-electron chi connectivity index (χ2n) is 3.38. The standard InChI is InChI=1S/C9H12N2O2/c1-13-9(12)7-5-10-8(11-7)4-6-2-3-6/h5-6H,2-4H2,1H3,(H,10,11). The first kappa shape index (κ1) is 8.29. The molecule has 1 saturated carbocycles. The highest BCUT2D eigenvalue weighted by Gasteiger charge is 2.23. The molecule has 0 bridgehead atoms. The van der Waals surface area contributed by atoms with Crippen LogP contribution in [0.1, 0.15) is 29.2 Å². The predicted octanol–water partition coefficient (Wildman–Crippen LogP) is 1.15. The van der Waals surface area contributed by atoms with E-state index >= 15 is 0 Å². The summed E-state index contributed by atoms with van der Waals surface area (Å²) < 4.78 is 4.56. The quantitative estimate of drug-likeness (QED) is 0.710. The molecule has 1 N–H and O–H groups in total. The van der Waals surface area contributed by atoms with Gasteiger partial charge in [0.15, 0.2) is 0 Å². The van der Waals surface area contributed by atoms with E-state index in [0.29, 0.717) is 5.69 Å². The number of hydrogen-bond acceptors (Lipinski definition) is 3. The van der Waals surface area contributed by atoms with E-state index in [1.807, 2.05) is 0 Å². The van der Waals surface area contributed by atoms with Gasteiger partial charge >= 0.3 is 5.97 Å². The third-order valence-corrected chi connectivity index (χ3v) is 2.21. The van der Waals surface area contributed by atoms with Gasteiger partial charge in [-0.05, 0) is 18.8 Å². The van der Waals surface area contributed by atoms with Crippen LogP contribution in [0.4, 0.5) is 0 Å². The van der Waals surface area contributed by atoms with Crippen molar-refractivity contribution >= 4 is 5.97 Å². The molecule has 0 aliphatic heterocycles. The van der Waals surface area contributed by atoms with Crippen LogP contribution >= 0.6 is 0 Å². The molecule has 1 aliphatic rings. The Kier molecular flexibility index (Phi) is 2.04. The van der Waals surface area contributed by atoms with Crippen LogP contribution in [0.25, 0.3) is 0 Å². The van der Waals surface area contributed by atoms with Crippen LogP contribution in [0.15, 0.2) is 6.20 Å². The Morgan fingerprint density at radius 3 is 3.15 bits per heavy atom. The summed E-state index contributed by atoms with van der Waals surface area (Å²) in [4.78, 5) is 18.1. The lowest BCUT2D eigenvalue weighted by Gasteiger charge is -1.93. The molecular weight excluding hydrogens is 168 g/mol. The summed E-state index contributed by atoms with van der Waals surface area (Å²) in [6, 6.07) is 0. The fraction of sp³-hybridized carbons (Fsp3) is 0.556. The Bertz CT molecular complexity index is 315. The number of nitrogens with zero attached hydrogens (tertiary/aromatic N) is 1. The highest BCUT2D eigenvalue weighted by Crippen LogP contribution is 2.31. The van der Waals surface area contributed by atoms with E-state index in [0.717, 1.165) is 18.2 Å². The van der Waals surface area contributed by atoms with Gasteiger partial charge in [0, 0.05) is 6.42 Å². The molecule has 70 valence electrons. The number of rotatable bonds is 3. The minimum absolute atomic E-state index is 0.352. The number of ether oxygens (including phenoxy) is 1. The Balaban J connectivity index is 2.03. The minimum Gasteiger partial charge on any atom is -0.464 e. The molecule has 0 radical (unpaired) electrons. The van der Waals surface area contributed by atoms with Gasteiger partial charge in [-0.25, -0.2) is 9.78 Å². The third-order valence-electron chi connectivity index (χ3n) is 2.21. The van der Waals surface area contributed by atoms with Crippen LogP contribution in [0.3, 0.4) is 0 Å². The second kappa shape index (κ2) is 3.20. The number of carbonyl (C=O) groups excluding carboxylic acids is 1. The highest BCUT2D eigenvalue weighted by atomic mass is 16.5. The Morgan fingerprint density at radius 1 is 1.77 bits per heavy atom. The lowest BCUT2D eigenvalue weighted by atomic mass is 10.3. The van der Waals surface area contributed by atoms with E-state index in [1.54, 1.807) is 0 Å². The molecule has 1 aromatic heterocycles. The van der Waals surface area contributed by atoms with Gasteiger partial charge in [0.2, 0.25) is 0 Å². The number of carbonyl (C=O) groups is 1. The van der Waals surface area contributed by atoms with Gasteiger partial charge in [-0.2, -0.15) is 0 Å². The lowest BCUT2D eigenvalue weighted by Crippen LogP contribution is -2.01. The summed E-state index contributed by atoms with van der Waals surface area (Å²) >= 11 is 0. The van der Waals surface area contributed by atoms with Crippen molar-refractivity contribution in [3.8, 4) is 0 Å². The molecule has 1 heterocycles. The monoisotopic (exact) mass is 180 g/mol. The second-order valence-corrected chi connectivity index (χ2v) is 3.38. The summed E-state index contributed by atoms with van der Waals surface area (Å²) in [5, 5.41) is 0. The first-order chi connectivity index (χ1) is 6.29. The zero-order chi connectivity index (χ0) is 9.26. The minimum atomic E-state index is -0.352. The van der Waals surface area contributed by atoms with Gasteiger partial charge in [0.05, 0.1) is 13.3 Å². The molecule has 4 nitrogen and oxygen atoms in total. The van der Waals surface area contributed by atoms with E-state index in [1.165, 1.54) is 26.1 Å². The zero-order valence-corrected chi connectivity index (χ0v) is 7.54. The number of imidazole rings is 1. The van der Waals surface area contributed by atoms with E-state index < -0.39 is 0 Å². The molecule has 13 heavy (non-hydrogen) atoms. The SMILES string of the molecule is COC(=O)c1cnc(CC2CC2)[nH]1. The van der Waals surface area contributed by atoms with Gasteiger partial charge < -0.3 is 9.72 Å². The van der Waals surface area contributed by atoms with Gasteiger partial charge in [-0.15, -0.1) is 0 Å². The van der Waals surface area contributed by atoms with Gasteiger partial charge in [0.25, 0.3) is 0 Å². The van der Waals surface area contributed by atoms with Crippen molar-refractivity contribution in [2.75, 3.05) is 7.11 Å².